The Morgan fingerprint density at radius 1 is 1.41 bits per heavy atom. The van der Waals surface area contributed by atoms with Gasteiger partial charge < -0.3 is 14.9 Å². The lowest BCUT2D eigenvalue weighted by Gasteiger charge is -2.34. The summed E-state index contributed by atoms with van der Waals surface area (Å²) in [6.07, 6.45) is 4.39. The fourth-order valence-corrected chi connectivity index (χ4v) is 3.12. The molecule has 3 rings (SSSR count). The molecular formula is C17H20N2O3. The molecule has 1 aliphatic carbocycles. The van der Waals surface area contributed by atoms with Crippen LogP contribution in [0.4, 0.5) is 0 Å². The third kappa shape index (κ3) is 2.84. The average molecular weight is 300 g/mol. The maximum absolute atomic E-state index is 12.4. The number of pyridine rings is 1. The van der Waals surface area contributed by atoms with Crippen molar-refractivity contribution in [3.05, 3.63) is 58.4 Å². The SMILES string of the molecule is Cc1cc2c(o1)CC(C)(C)CC2NC(=O)c1cc[n+]([O-])cc1. The summed E-state index contributed by atoms with van der Waals surface area (Å²) < 4.78 is 6.44. The lowest BCUT2D eigenvalue weighted by atomic mass is 9.74. The molecule has 1 atom stereocenters. The van der Waals surface area contributed by atoms with Gasteiger partial charge in [-0.3, -0.25) is 4.79 Å². The summed E-state index contributed by atoms with van der Waals surface area (Å²) in [6.45, 7) is 6.28. The molecule has 116 valence electrons. The zero-order valence-electron chi connectivity index (χ0n) is 13.1. The van der Waals surface area contributed by atoms with E-state index in [0.29, 0.717) is 10.3 Å². The number of furan rings is 1. The molecule has 0 saturated carbocycles. The largest absolute Gasteiger partial charge is 0.619 e. The summed E-state index contributed by atoms with van der Waals surface area (Å²) in [6, 6.07) is 4.99. The highest BCUT2D eigenvalue weighted by Gasteiger charge is 2.35. The minimum Gasteiger partial charge on any atom is -0.619 e. The number of carbonyl (C=O) groups excluding carboxylic acids is 1. The Morgan fingerprint density at radius 2 is 2.09 bits per heavy atom. The molecule has 1 aliphatic rings. The Hall–Kier alpha value is -2.30. The molecular weight excluding hydrogens is 280 g/mol. The second-order valence-electron chi connectivity index (χ2n) is 6.75. The summed E-state index contributed by atoms with van der Waals surface area (Å²) >= 11 is 0. The van der Waals surface area contributed by atoms with Gasteiger partial charge in [-0.05, 0) is 24.8 Å². The summed E-state index contributed by atoms with van der Waals surface area (Å²) in [7, 11) is 0. The van der Waals surface area contributed by atoms with Gasteiger partial charge in [-0.15, -0.1) is 0 Å². The van der Waals surface area contributed by atoms with E-state index in [0.717, 1.165) is 29.9 Å². The molecule has 0 spiro atoms. The zero-order valence-corrected chi connectivity index (χ0v) is 13.1. The van der Waals surface area contributed by atoms with Crippen molar-refractivity contribution in [2.45, 2.75) is 39.7 Å². The molecule has 1 amide bonds. The summed E-state index contributed by atoms with van der Waals surface area (Å²) in [5.41, 5.74) is 1.63. The van der Waals surface area contributed by atoms with E-state index in [9.17, 15) is 10.0 Å². The van der Waals surface area contributed by atoms with Crippen molar-refractivity contribution in [1.29, 1.82) is 0 Å². The lowest BCUT2D eigenvalue weighted by Crippen LogP contribution is -2.36. The molecule has 5 nitrogen and oxygen atoms in total. The van der Waals surface area contributed by atoms with Crippen molar-refractivity contribution in [3.63, 3.8) is 0 Å². The van der Waals surface area contributed by atoms with Gasteiger partial charge in [-0.25, -0.2) is 0 Å². The number of carbonyl (C=O) groups is 1. The molecule has 0 aromatic carbocycles. The Labute approximate surface area is 129 Å². The highest BCUT2D eigenvalue weighted by molar-refractivity contribution is 5.94. The Bertz CT molecular complexity index is 701. The number of fused-ring (bicyclic) bond motifs is 1. The van der Waals surface area contributed by atoms with Crippen molar-refractivity contribution < 1.29 is 13.9 Å². The first-order valence-corrected chi connectivity index (χ1v) is 7.43. The van der Waals surface area contributed by atoms with Crippen molar-refractivity contribution >= 4 is 5.91 Å². The molecule has 22 heavy (non-hydrogen) atoms. The third-order valence-corrected chi connectivity index (χ3v) is 4.11. The van der Waals surface area contributed by atoms with Crippen LogP contribution in [0.25, 0.3) is 0 Å². The number of nitrogens with zero attached hydrogens (tertiary/aromatic N) is 1. The predicted molar refractivity (Wildman–Crippen MR) is 81.2 cm³/mol. The van der Waals surface area contributed by atoms with Gasteiger partial charge in [0.25, 0.3) is 5.91 Å². The Kier molecular flexibility index (Phi) is 3.43. The molecule has 0 radical (unpaired) electrons. The van der Waals surface area contributed by atoms with Crippen LogP contribution >= 0.6 is 0 Å². The normalized spacial score (nSPS) is 19.5. The van der Waals surface area contributed by atoms with Gasteiger partial charge in [0.15, 0.2) is 12.4 Å². The van der Waals surface area contributed by atoms with Crippen LogP contribution in [-0.4, -0.2) is 5.91 Å². The molecule has 2 aromatic rings. The third-order valence-electron chi connectivity index (χ3n) is 4.11. The van der Waals surface area contributed by atoms with Crippen LogP contribution in [-0.2, 0) is 6.42 Å². The molecule has 0 bridgehead atoms. The van der Waals surface area contributed by atoms with E-state index in [4.69, 9.17) is 4.42 Å². The predicted octanol–water partition coefficient (Wildman–Crippen LogP) is 2.66. The van der Waals surface area contributed by atoms with E-state index in [-0.39, 0.29) is 17.4 Å². The average Bonchev–Trinajstić information content (AvgIpc) is 2.78. The zero-order chi connectivity index (χ0) is 15.9. The number of aromatic nitrogens is 1. The summed E-state index contributed by atoms with van der Waals surface area (Å²) in [5, 5.41) is 14.1. The van der Waals surface area contributed by atoms with Gasteiger partial charge >= 0.3 is 0 Å². The van der Waals surface area contributed by atoms with E-state index < -0.39 is 0 Å². The van der Waals surface area contributed by atoms with E-state index >= 15 is 0 Å². The molecule has 5 heteroatoms. The second-order valence-corrected chi connectivity index (χ2v) is 6.75. The Balaban J connectivity index is 1.85. The summed E-state index contributed by atoms with van der Waals surface area (Å²) in [4.78, 5) is 12.4. The fraction of sp³-hybridized carbons (Fsp3) is 0.412. The van der Waals surface area contributed by atoms with E-state index in [1.165, 1.54) is 24.5 Å². The molecule has 2 heterocycles. The van der Waals surface area contributed by atoms with Crippen LogP contribution in [0.2, 0.25) is 0 Å². The van der Waals surface area contributed by atoms with Crippen LogP contribution in [0.5, 0.6) is 0 Å². The first-order chi connectivity index (χ1) is 10.3. The van der Waals surface area contributed by atoms with Crippen molar-refractivity contribution in [2.24, 2.45) is 5.41 Å². The van der Waals surface area contributed by atoms with Gasteiger partial charge in [0, 0.05) is 24.1 Å². The molecule has 1 N–H and O–H groups in total. The first-order valence-electron chi connectivity index (χ1n) is 7.43. The van der Waals surface area contributed by atoms with Crippen LogP contribution in [0.1, 0.15) is 53.8 Å². The maximum Gasteiger partial charge on any atom is 0.252 e. The molecule has 2 aromatic heterocycles. The monoisotopic (exact) mass is 300 g/mol. The number of hydrogen-bond acceptors (Lipinski definition) is 3. The lowest BCUT2D eigenvalue weighted by molar-refractivity contribution is -0.605. The van der Waals surface area contributed by atoms with Crippen molar-refractivity contribution in [1.82, 2.24) is 5.32 Å². The fourth-order valence-electron chi connectivity index (χ4n) is 3.12. The van der Waals surface area contributed by atoms with Gasteiger partial charge in [0.05, 0.1) is 11.6 Å². The second kappa shape index (κ2) is 5.16. The molecule has 0 fully saturated rings. The highest BCUT2D eigenvalue weighted by Crippen LogP contribution is 2.42. The van der Waals surface area contributed by atoms with E-state index in [1.54, 1.807) is 0 Å². The number of aryl methyl sites for hydroxylation is 1. The van der Waals surface area contributed by atoms with Gasteiger partial charge in [0.2, 0.25) is 0 Å². The number of nitrogens with one attached hydrogen (secondary N) is 1. The van der Waals surface area contributed by atoms with Crippen molar-refractivity contribution in [3.8, 4) is 0 Å². The maximum atomic E-state index is 12.4. The number of amides is 1. The molecule has 0 saturated heterocycles. The minimum atomic E-state index is -0.173. The quantitative estimate of drug-likeness (QED) is 0.685. The van der Waals surface area contributed by atoms with Crippen LogP contribution in [0.3, 0.4) is 0 Å². The van der Waals surface area contributed by atoms with E-state index in [1.807, 2.05) is 13.0 Å². The smallest absolute Gasteiger partial charge is 0.252 e. The first kappa shape index (κ1) is 14.6. The van der Waals surface area contributed by atoms with Crippen LogP contribution in [0.15, 0.2) is 35.0 Å². The topological polar surface area (TPSA) is 69.2 Å². The van der Waals surface area contributed by atoms with Crippen LogP contribution < -0.4 is 10.0 Å². The number of rotatable bonds is 2. The van der Waals surface area contributed by atoms with Gasteiger partial charge in [0.1, 0.15) is 11.5 Å². The van der Waals surface area contributed by atoms with Crippen LogP contribution in [0, 0.1) is 17.5 Å². The highest BCUT2D eigenvalue weighted by atomic mass is 16.5. The number of hydrogen-bond donors (Lipinski definition) is 1. The van der Waals surface area contributed by atoms with Crippen molar-refractivity contribution in [2.75, 3.05) is 0 Å². The van der Waals surface area contributed by atoms with E-state index in [2.05, 4.69) is 19.2 Å². The Morgan fingerprint density at radius 3 is 2.77 bits per heavy atom. The molecule has 1 unspecified atom stereocenters. The molecule has 0 aliphatic heterocycles. The van der Waals surface area contributed by atoms with Gasteiger partial charge in [-0.1, -0.05) is 13.8 Å². The standard InChI is InChI=1S/C17H20N2O3/c1-11-8-13-14(9-17(2,3)10-15(13)22-11)18-16(20)12-4-6-19(21)7-5-12/h4-8,14H,9-10H2,1-3H3,(H,18,20). The minimum absolute atomic E-state index is 0.0664. The summed E-state index contributed by atoms with van der Waals surface area (Å²) in [5.74, 6) is 1.66. The van der Waals surface area contributed by atoms with Gasteiger partial charge in [-0.2, -0.15) is 4.73 Å².